The summed E-state index contributed by atoms with van der Waals surface area (Å²) in [5, 5.41) is 15.6. The summed E-state index contributed by atoms with van der Waals surface area (Å²) in [5.41, 5.74) is 1.00. The average Bonchev–Trinajstić information content (AvgIpc) is 3.40. The number of pyridine rings is 1. The monoisotopic (exact) mass is 482 g/mol. The second-order valence-corrected chi connectivity index (χ2v) is 7.91. The first-order chi connectivity index (χ1) is 16.8. The fourth-order valence-corrected chi connectivity index (χ4v) is 3.84. The molecule has 11 heteroatoms. The van der Waals surface area contributed by atoms with Crippen LogP contribution < -0.4 is 5.32 Å². The van der Waals surface area contributed by atoms with E-state index >= 15 is 0 Å². The highest BCUT2D eigenvalue weighted by Gasteiger charge is 2.30. The summed E-state index contributed by atoms with van der Waals surface area (Å²) in [5.74, 6) is -0.360. The van der Waals surface area contributed by atoms with Crippen molar-refractivity contribution < 1.29 is 22.4 Å². The van der Waals surface area contributed by atoms with Gasteiger partial charge in [0.05, 0.1) is 17.6 Å². The lowest BCUT2D eigenvalue weighted by Crippen LogP contribution is -2.27. The Balaban J connectivity index is 1.35. The maximum absolute atomic E-state index is 14.0. The molecule has 0 unspecified atom stereocenters. The first-order valence-electron chi connectivity index (χ1n) is 10.7. The normalized spacial score (nSPS) is 11.9. The van der Waals surface area contributed by atoms with Gasteiger partial charge < -0.3 is 5.32 Å². The Morgan fingerprint density at radius 3 is 2.57 bits per heavy atom. The van der Waals surface area contributed by atoms with Gasteiger partial charge in [-0.3, -0.25) is 13.9 Å². The summed E-state index contributed by atoms with van der Waals surface area (Å²) in [6, 6.07) is 14.1. The van der Waals surface area contributed by atoms with E-state index in [1.54, 1.807) is 0 Å². The Hall–Kier alpha value is -4.28. The predicted molar refractivity (Wildman–Crippen MR) is 119 cm³/mol. The highest BCUT2D eigenvalue weighted by Crippen LogP contribution is 2.29. The molecule has 0 saturated heterocycles. The van der Waals surface area contributed by atoms with Crippen molar-refractivity contribution in [2.45, 2.75) is 19.1 Å². The van der Waals surface area contributed by atoms with E-state index in [0.29, 0.717) is 34.4 Å². The number of amides is 1. The standard InChI is InChI=1S/C24H18F4N6O/c25-17-8-9-19-18(13-17)22(32-34(19)14-15-4-6-16(7-5-15)24(26,27)28)23(35)29-11-10-21-31-30-20-3-1-2-12-33(20)21/h1-9,12-13H,10-11,14H2,(H,29,35). The molecule has 178 valence electrons. The molecule has 0 bridgehead atoms. The molecule has 0 radical (unpaired) electrons. The summed E-state index contributed by atoms with van der Waals surface area (Å²) >= 11 is 0. The number of rotatable bonds is 6. The minimum absolute atomic E-state index is 0.0255. The number of nitrogens with one attached hydrogen (secondary N) is 1. The van der Waals surface area contributed by atoms with Crippen molar-refractivity contribution in [3.05, 3.63) is 95.3 Å². The van der Waals surface area contributed by atoms with Crippen molar-refractivity contribution in [2.24, 2.45) is 0 Å². The highest BCUT2D eigenvalue weighted by atomic mass is 19.4. The molecule has 0 saturated carbocycles. The van der Waals surface area contributed by atoms with Crippen molar-refractivity contribution in [1.82, 2.24) is 29.7 Å². The molecule has 5 rings (SSSR count). The van der Waals surface area contributed by atoms with Gasteiger partial charge in [-0.15, -0.1) is 10.2 Å². The van der Waals surface area contributed by atoms with Gasteiger partial charge in [-0.05, 0) is 48.0 Å². The van der Waals surface area contributed by atoms with E-state index in [9.17, 15) is 22.4 Å². The zero-order chi connectivity index (χ0) is 24.6. The lowest BCUT2D eigenvalue weighted by Gasteiger charge is -2.08. The summed E-state index contributed by atoms with van der Waals surface area (Å²) in [4.78, 5) is 12.9. The second kappa shape index (κ2) is 8.82. The van der Waals surface area contributed by atoms with Gasteiger partial charge in [0.2, 0.25) is 0 Å². The smallest absolute Gasteiger partial charge is 0.350 e. The van der Waals surface area contributed by atoms with Crippen molar-refractivity contribution in [1.29, 1.82) is 0 Å². The van der Waals surface area contributed by atoms with Crippen molar-refractivity contribution in [3.63, 3.8) is 0 Å². The highest BCUT2D eigenvalue weighted by molar-refractivity contribution is 6.04. The van der Waals surface area contributed by atoms with Crippen LogP contribution in [0.15, 0.2) is 66.9 Å². The summed E-state index contributed by atoms with van der Waals surface area (Å²) in [6.07, 6.45) is -2.19. The van der Waals surface area contributed by atoms with E-state index in [0.717, 1.165) is 12.1 Å². The fraction of sp³-hybridized carbons (Fsp3) is 0.167. The van der Waals surface area contributed by atoms with E-state index < -0.39 is 23.5 Å². The lowest BCUT2D eigenvalue weighted by atomic mass is 10.1. The van der Waals surface area contributed by atoms with Crippen LogP contribution in [0.25, 0.3) is 16.6 Å². The first kappa shape index (κ1) is 22.5. The number of fused-ring (bicyclic) bond motifs is 2. The van der Waals surface area contributed by atoms with Gasteiger partial charge >= 0.3 is 6.18 Å². The number of hydrogen-bond acceptors (Lipinski definition) is 4. The van der Waals surface area contributed by atoms with Crippen LogP contribution >= 0.6 is 0 Å². The number of carbonyl (C=O) groups is 1. The molecular weight excluding hydrogens is 464 g/mol. The molecule has 1 N–H and O–H groups in total. The molecule has 0 aliphatic carbocycles. The molecule has 7 nitrogen and oxygen atoms in total. The summed E-state index contributed by atoms with van der Waals surface area (Å²) in [6.45, 7) is 0.358. The molecule has 3 aromatic heterocycles. The Morgan fingerprint density at radius 1 is 1.00 bits per heavy atom. The number of aromatic nitrogens is 5. The van der Waals surface area contributed by atoms with Gasteiger partial charge in [0, 0.05) is 24.5 Å². The molecule has 2 aromatic carbocycles. The van der Waals surface area contributed by atoms with Gasteiger partial charge in [0.25, 0.3) is 5.91 Å². The van der Waals surface area contributed by atoms with Crippen molar-refractivity contribution in [3.8, 4) is 0 Å². The minimum Gasteiger partial charge on any atom is -0.350 e. The van der Waals surface area contributed by atoms with Crippen LogP contribution in [0.1, 0.15) is 27.4 Å². The number of alkyl halides is 3. The SMILES string of the molecule is O=C(NCCc1nnc2ccccn12)c1nn(Cc2ccc(C(F)(F)F)cc2)c2ccc(F)cc12. The maximum atomic E-state index is 14.0. The van der Waals surface area contributed by atoms with Gasteiger partial charge in [-0.2, -0.15) is 18.3 Å². The van der Waals surface area contributed by atoms with Crippen molar-refractivity contribution >= 4 is 22.5 Å². The van der Waals surface area contributed by atoms with Crippen LogP contribution in [-0.4, -0.2) is 36.8 Å². The van der Waals surface area contributed by atoms with Gasteiger partial charge in [-0.1, -0.05) is 18.2 Å². The van der Waals surface area contributed by atoms with Crippen LogP contribution in [-0.2, 0) is 19.1 Å². The molecule has 35 heavy (non-hydrogen) atoms. The number of nitrogens with zero attached hydrogens (tertiary/aromatic N) is 5. The fourth-order valence-electron chi connectivity index (χ4n) is 3.84. The largest absolute Gasteiger partial charge is 0.416 e. The van der Waals surface area contributed by atoms with Crippen LogP contribution in [0, 0.1) is 5.82 Å². The topological polar surface area (TPSA) is 77.1 Å². The van der Waals surface area contributed by atoms with Crippen LogP contribution in [0.3, 0.4) is 0 Å². The number of halogens is 4. The second-order valence-electron chi connectivity index (χ2n) is 7.91. The average molecular weight is 482 g/mol. The molecule has 0 fully saturated rings. The minimum atomic E-state index is -4.43. The molecular formula is C24H18F4N6O. The van der Waals surface area contributed by atoms with E-state index in [2.05, 4.69) is 20.6 Å². The van der Waals surface area contributed by atoms with Gasteiger partial charge in [0.15, 0.2) is 11.3 Å². The van der Waals surface area contributed by atoms with Crippen LogP contribution in [0.4, 0.5) is 17.6 Å². The number of carbonyl (C=O) groups excluding carboxylic acids is 1. The summed E-state index contributed by atoms with van der Waals surface area (Å²) in [7, 11) is 0. The van der Waals surface area contributed by atoms with Crippen molar-refractivity contribution in [2.75, 3.05) is 6.54 Å². The van der Waals surface area contributed by atoms with Crippen LogP contribution in [0.2, 0.25) is 0 Å². The Morgan fingerprint density at radius 2 is 1.80 bits per heavy atom. The zero-order valence-electron chi connectivity index (χ0n) is 18.1. The number of hydrogen-bond donors (Lipinski definition) is 1. The molecule has 5 aromatic rings. The van der Waals surface area contributed by atoms with E-state index in [1.165, 1.54) is 35.0 Å². The third kappa shape index (κ3) is 4.57. The Bertz CT molecular complexity index is 1520. The lowest BCUT2D eigenvalue weighted by molar-refractivity contribution is -0.137. The first-order valence-corrected chi connectivity index (χ1v) is 10.7. The molecule has 0 aliphatic heterocycles. The van der Waals surface area contributed by atoms with E-state index in [-0.39, 0.29) is 18.8 Å². The molecule has 3 heterocycles. The predicted octanol–water partition coefficient (Wildman–Crippen LogP) is 4.26. The Labute approximate surface area is 196 Å². The Kier molecular flexibility index (Phi) is 5.67. The maximum Gasteiger partial charge on any atom is 0.416 e. The number of benzene rings is 2. The van der Waals surface area contributed by atoms with Gasteiger partial charge in [-0.25, -0.2) is 4.39 Å². The van der Waals surface area contributed by atoms with Gasteiger partial charge in [0.1, 0.15) is 11.6 Å². The van der Waals surface area contributed by atoms with E-state index in [4.69, 9.17) is 0 Å². The molecule has 0 atom stereocenters. The quantitative estimate of drug-likeness (QED) is 0.367. The molecule has 0 aliphatic rings. The van der Waals surface area contributed by atoms with E-state index in [1.807, 2.05) is 28.8 Å². The third-order valence-electron chi connectivity index (χ3n) is 5.56. The molecule has 0 spiro atoms. The summed E-state index contributed by atoms with van der Waals surface area (Å²) < 4.78 is 55.8. The third-order valence-corrected chi connectivity index (χ3v) is 5.56. The van der Waals surface area contributed by atoms with Crippen LogP contribution in [0.5, 0.6) is 0 Å². The molecule has 1 amide bonds. The zero-order valence-corrected chi connectivity index (χ0v) is 18.1.